The van der Waals surface area contributed by atoms with Crippen LogP contribution in [0.15, 0.2) is 41.9 Å². The van der Waals surface area contributed by atoms with Crippen molar-refractivity contribution in [2.45, 2.75) is 58.4 Å². The van der Waals surface area contributed by atoms with E-state index in [4.69, 9.17) is 4.99 Å². The number of hydrogen-bond acceptors (Lipinski definition) is 7. The van der Waals surface area contributed by atoms with Crippen LogP contribution in [-0.4, -0.2) is 58.5 Å². The molecule has 0 aliphatic carbocycles. The van der Waals surface area contributed by atoms with Gasteiger partial charge in [-0.15, -0.1) is 11.3 Å². The summed E-state index contributed by atoms with van der Waals surface area (Å²) in [7, 11) is 0. The molecule has 3 aliphatic heterocycles. The summed E-state index contributed by atoms with van der Waals surface area (Å²) in [6.07, 6.45) is 6.44. The van der Waals surface area contributed by atoms with Crippen LogP contribution in [0.1, 0.15) is 77.5 Å². The summed E-state index contributed by atoms with van der Waals surface area (Å²) in [5.74, 6) is 1.27. The lowest BCUT2D eigenvalue weighted by Gasteiger charge is -2.39. The van der Waals surface area contributed by atoms with Crippen molar-refractivity contribution in [1.29, 1.82) is 5.26 Å². The molecule has 5 rings (SSSR count). The summed E-state index contributed by atoms with van der Waals surface area (Å²) in [4.78, 5) is 38.7. The van der Waals surface area contributed by atoms with Gasteiger partial charge in [-0.2, -0.15) is 5.26 Å². The Morgan fingerprint density at radius 1 is 1.13 bits per heavy atom. The number of fused-ring (bicyclic) bond motifs is 1. The lowest BCUT2D eigenvalue weighted by Crippen LogP contribution is -2.46. The van der Waals surface area contributed by atoms with E-state index in [-0.39, 0.29) is 11.8 Å². The van der Waals surface area contributed by atoms with Gasteiger partial charge in [-0.1, -0.05) is 31.7 Å². The van der Waals surface area contributed by atoms with Crippen LogP contribution in [-0.2, 0) is 11.3 Å². The molecule has 2 fully saturated rings. The molecule has 2 aromatic rings. The van der Waals surface area contributed by atoms with Gasteiger partial charge in [0.15, 0.2) is 0 Å². The first-order valence-corrected chi connectivity index (χ1v) is 14.6. The van der Waals surface area contributed by atoms with Crippen molar-refractivity contribution in [2.24, 2.45) is 10.9 Å². The highest BCUT2D eigenvalue weighted by Gasteiger charge is 2.33. The number of hydrogen-bond donors (Lipinski definition) is 0. The third kappa shape index (κ3) is 5.25. The number of nitrogens with zero attached hydrogens (tertiary/aromatic N) is 5. The Morgan fingerprint density at radius 3 is 2.58 bits per heavy atom. The molecule has 1 aromatic carbocycles. The van der Waals surface area contributed by atoms with Crippen LogP contribution >= 0.6 is 11.3 Å². The van der Waals surface area contributed by atoms with Crippen molar-refractivity contribution in [3.05, 3.63) is 57.8 Å². The molecule has 7 nitrogen and oxygen atoms in total. The lowest BCUT2D eigenvalue weighted by atomic mass is 9.90. The van der Waals surface area contributed by atoms with Crippen LogP contribution in [0.3, 0.4) is 0 Å². The number of guanidine groups is 1. The van der Waals surface area contributed by atoms with E-state index in [0.29, 0.717) is 42.3 Å². The fourth-order valence-corrected chi connectivity index (χ4v) is 6.68. The van der Waals surface area contributed by atoms with E-state index in [9.17, 15) is 14.9 Å². The maximum absolute atomic E-state index is 13.5. The minimum Gasteiger partial charge on any atom is -0.342 e. The Kier molecular flexibility index (Phi) is 7.94. The first-order chi connectivity index (χ1) is 18.5. The van der Waals surface area contributed by atoms with Gasteiger partial charge in [-0.25, -0.2) is 4.99 Å². The van der Waals surface area contributed by atoms with Crippen molar-refractivity contribution >= 4 is 40.4 Å². The topological polar surface area (TPSA) is 80.0 Å². The molecule has 0 radical (unpaired) electrons. The molecule has 8 heteroatoms. The Morgan fingerprint density at radius 2 is 1.87 bits per heavy atom. The van der Waals surface area contributed by atoms with Crippen LogP contribution in [0.25, 0.3) is 5.70 Å². The van der Waals surface area contributed by atoms with E-state index in [2.05, 4.69) is 22.4 Å². The summed E-state index contributed by atoms with van der Waals surface area (Å²) < 4.78 is 0. The molecule has 0 spiro atoms. The number of ketones is 1. The molecular formula is C30H35N5O2S. The van der Waals surface area contributed by atoms with Gasteiger partial charge in [-0.3, -0.25) is 9.59 Å². The van der Waals surface area contributed by atoms with Gasteiger partial charge in [0.1, 0.15) is 5.78 Å². The number of benzene rings is 1. The number of aliphatic imine (C=N–C) groups is 1. The van der Waals surface area contributed by atoms with Crippen LogP contribution in [0, 0.1) is 17.2 Å². The number of carbonyl (C=O) groups excluding carboxylic acids is 2. The average molecular weight is 530 g/mol. The second kappa shape index (κ2) is 11.5. The predicted octanol–water partition coefficient (Wildman–Crippen LogP) is 5.80. The van der Waals surface area contributed by atoms with Crippen molar-refractivity contribution in [2.75, 3.05) is 26.2 Å². The summed E-state index contributed by atoms with van der Waals surface area (Å²) >= 11 is 1.44. The van der Waals surface area contributed by atoms with Gasteiger partial charge in [0.05, 0.1) is 39.3 Å². The van der Waals surface area contributed by atoms with Gasteiger partial charge < -0.3 is 14.7 Å². The molecule has 38 heavy (non-hydrogen) atoms. The van der Waals surface area contributed by atoms with Crippen LogP contribution in [0.4, 0.5) is 5.69 Å². The molecule has 0 unspecified atom stereocenters. The molecule has 1 amide bonds. The van der Waals surface area contributed by atoms with Gasteiger partial charge in [0.2, 0.25) is 5.96 Å². The monoisotopic (exact) mass is 529 g/mol. The molecule has 0 saturated carbocycles. The first kappa shape index (κ1) is 26.2. The van der Waals surface area contributed by atoms with E-state index >= 15 is 0 Å². The van der Waals surface area contributed by atoms with E-state index in [1.54, 1.807) is 0 Å². The fraction of sp³-hybridized carbons (Fsp3) is 0.467. The van der Waals surface area contributed by atoms with Gasteiger partial charge in [-0.05, 0) is 56.2 Å². The smallest absolute Gasteiger partial charge is 0.264 e. The second-order valence-electron chi connectivity index (χ2n) is 10.4. The zero-order chi connectivity index (χ0) is 26.6. The fourth-order valence-electron chi connectivity index (χ4n) is 5.64. The average Bonchev–Trinajstić information content (AvgIpc) is 3.39. The van der Waals surface area contributed by atoms with Gasteiger partial charge in [0, 0.05) is 38.5 Å². The van der Waals surface area contributed by atoms with E-state index < -0.39 is 0 Å². The Hall–Kier alpha value is -3.44. The SMILES string of the molecule is C=C1c2sc(C(=O)N3CCC(C(=O)CCC)CC3)cc2N=C(N2CCCCC2)N1Cc1ccccc1C#N. The molecule has 0 N–H and O–H groups in total. The summed E-state index contributed by atoms with van der Waals surface area (Å²) in [5, 5.41) is 9.66. The minimum absolute atomic E-state index is 0.00897. The standard InChI is InChI=1S/C30H35N5O2S/c1-3-9-26(36)22-12-16-33(17-13-22)29(37)27-18-25-28(38-27)21(2)35(20-24-11-6-5-10-23(24)19-31)30(32-25)34-14-7-4-8-15-34/h5-6,10-11,18,22H,2-4,7-9,12-17,20H2,1H3. The van der Waals surface area contributed by atoms with Crippen molar-refractivity contribution in [3.8, 4) is 6.07 Å². The molecular weight excluding hydrogens is 494 g/mol. The zero-order valence-electron chi connectivity index (χ0n) is 22.1. The Bertz CT molecular complexity index is 1290. The summed E-state index contributed by atoms with van der Waals surface area (Å²) in [6, 6.07) is 11.9. The number of thiophene rings is 1. The third-order valence-corrected chi connectivity index (χ3v) is 8.97. The normalized spacial score (nSPS) is 18.2. The van der Waals surface area contributed by atoms with Gasteiger partial charge in [0.25, 0.3) is 5.91 Å². The maximum Gasteiger partial charge on any atom is 0.264 e. The lowest BCUT2D eigenvalue weighted by molar-refractivity contribution is -0.124. The molecule has 2 saturated heterocycles. The van der Waals surface area contributed by atoms with E-state index in [0.717, 1.165) is 73.0 Å². The summed E-state index contributed by atoms with van der Waals surface area (Å²) in [6.45, 7) is 10.1. The Balaban J connectivity index is 1.40. The number of Topliss-reactive ketones (excluding diaryl/α,β-unsaturated/α-hetero) is 1. The summed E-state index contributed by atoms with van der Waals surface area (Å²) in [5.41, 5.74) is 3.18. The maximum atomic E-state index is 13.5. The highest BCUT2D eigenvalue weighted by Crippen LogP contribution is 2.42. The number of piperidine rings is 2. The second-order valence-corrected chi connectivity index (χ2v) is 11.4. The zero-order valence-corrected chi connectivity index (χ0v) is 22.9. The van der Waals surface area contributed by atoms with Crippen molar-refractivity contribution in [1.82, 2.24) is 14.7 Å². The minimum atomic E-state index is 0.00897. The van der Waals surface area contributed by atoms with Crippen molar-refractivity contribution in [3.63, 3.8) is 0 Å². The number of amides is 1. The quantitative estimate of drug-likeness (QED) is 0.472. The van der Waals surface area contributed by atoms with Crippen LogP contribution < -0.4 is 0 Å². The van der Waals surface area contributed by atoms with Crippen LogP contribution in [0.5, 0.6) is 0 Å². The number of rotatable bonds is 6. The van der Waals surface area contributed by atoms with Gasteiger partial charge >= 0.3 is 0 Å². The van der Waals surface area contributed by atoms with E-state index in [1.807, 2.05) is 42.2 Å². The number of nitriles is 1. The highest BCUT2D eigenvalue weighted by atomic mass is 32.1. The molecule has 1 aromatic heterocycles. The first-order valence-electron chi connectivity index (χ1n) is 13.7. The van der Waals surface area contributed by atoms with Crippen LogP contribution in [0.2, 0.25) is 0 Å². The molecule has 4 heterocycles. The van der Waals surface area contributed by atoms with Crippen molar-refractivity contribution < 1.29 is 9.59 Å². The number of likely N-dealkylation sites (tertiary alicyclic amines) is 2. The molecule has 3 aliphatic rings. The largest absolute Gasteiger partial charge is 0.342 e. The third-order valence-electron chi connectivity index (χ3n) is 7.81. The highest BCUT2D eigenvalue weighted by molar-refractivity contribution is 7.15. The molecule has 198 valence electrons. The van der Waals surface area contributed by atoms with E-state index in [1.165, 1.54) is 17.8 Å². The Labute approximate surface area is 229 Å². The number of carbonyl (C=O) groups is 2. The predicted molar refractivity (Wildman–Crippen MR) is 151 cm³/mol. The molecule has 0 bridgehead atoms. The molecule has 0 atom stereocenters.